The smallest absolute Gasteiger partial charge is 0.211 e. The predicted molar refractivity (Wildman–Crippen MR) is 108 cm³/mol. The van der Waals surface area contributed by atoms with E-state index < -0.39 is 10.0 Å². The summed E-state index contributed by atoms with van der Waals surface area (Å²) in [6.45, 7) is 4.85. The summed E-state index contributed by atoms with van der Waals surface area (Å²) in [6.07, 6.45) is 9.67. The van der Waals surface area contributed by atoms with Gasteiger partial charge in [0.15, 0.2) is 5.96 Å². The van der Waals surface area contributed by atoms with Gasteiger partial charge in [0, 0.05) is 26.2 Å². The highest BCUT2D eigenvalue weighted by atomic mass is 127. The SMILES string of the molecule is CCCCCCCCNC(N)=NCC1CCN(S(C)(=O)=O)C1.I. The van der Waals surface area contributed by atoms with Crippen molar-refractivity contribution in [3.63, 3.8) is 0 Å². The fourth-order valence-corrected chi connectivity index (χ4v) is 3.57. The molecule has 0 spiro atoms. The van der Waals surface area contributed by atoms with Crippen molar-refractivity contribution in [3.05, 3.63) is 0 Å². The van der Waals surface area contributed by atoms with E-state index in [0.29, 0.717) is 25.6 Å². The number of unbranched alkanes of at least 4 members (excludes halogenated alkanes) is 5. The number of hydrogen-bond acceptors (Lipinski definition) is 3. The lowest BCUT2D eigenvalue weighted by molar-refractivity contribution is 0.464. The molecule has 1 heterocycles. The fourth-order valence-electron chi connectivity index (χ4n) is 2.65. The maximum absolute atomic E-state index is 11.4. The molecule has 0 aliphatic carbocycles. The van der Waals surface area contributed by atoms with Crippen LogP contribution < -0.4 is 11.1 Å². The second kappa shape index (κ2) is 12.3. The van der Waals surface area contributed by atoms with Crippen molar-refractivity contribution >= 4 is 40.0 Å². The molecule has 0 aromatic carbocycles. The van der Waals surface area contributed by atoms with Gasteiger partial charge in [-0.2, -0.15) is 0 Å². The molecule has 1 aliphatic rings. The predicted octanol–water partition coefficient (Wildman–Crippen LogP) is 2.15. The molecule has 8 heteroatoms. The molecule has 0 bridgehead atoms. The van der Waals surface area contributed by atoms with Gasteiger partial charge in [-0.3, -0.25) is 4.99 Å². The summed E-state index contributed by atoms with van der Waals surface area (Å²) in [5.41, 5.74) is 5.84. The van der Waals surface area contributed by atoms with Crippen LogP contribution in [0.5, 0.6) is 0 Å². The van der Waals surface area contributed by atoms with Crippen molar-refractivity contribution in [3.8, 4) is 0 Å². The van der Waals surface area contributed by atoms with E-state index in [4.69, 9.17) is 5.73 Å². The van der Waals surface area contributed by atoms with Gasteiger partial charge in [-0.1, -0.05) is 39.0 Å². The molecule has 1 saturated heterocycles. The Morgan fingerprint density at radius 2 is 1.91 bits per heavy atom. The molecule has 1 unspecified atom stereocenters. The number of nitrogens with zero attached hydrogens (tertiary/aromatic N) is 2. The average Bonchev–Trinajstić information content (AvgIpc) is 2.93. The highest BCUT2D eigenvalue weighted by Crippen LogP contribution is 2.18. The zero-order valence-corrected chi connectivity index (χ0v) is 17.6. The quantitative estimate of drug-likeness (QED) is 0.226. The number of halogens is 1. The Balaban J connectivity index is 0.00000484. The van der Waals surface area contributed by atoms with Gasteiger partial charge in [0.25, 0.3) is 0 Å². The second-order valence-electron chi connectivity index (χ2n) is 6.20. The van der Waals surface area contributed by atoms with E-state index in [1.54, 1.807) is 0 Å². The number of sulfonamides is 1. The maximum atomic E-state index is 11.4. The molecule has 0 saturated carbocycles. The summed E-state index contributed by atoms with van der Waals surface area (Å²) in [4.78, 5) is 4.33. The van der Waals surface area contributed by atoms with Crippen molar-refractivity contribution in [2.24, 2.45) is 16.6 Å². The molecule has 1 rings (SSSR count). The van der Waals surface area contributed by atoms with Gasteiger partial charge in [0.05, 0.1) is 6.26 Å². The van der Waals surface area contributed by atoms with Crippen LogP contribution in [0.2, 0.25) is 0 Å². The van der Waals surface area contributed by atoms with Crippen LogP contribution in [0.25, 0.3) is 0 Å². The van der Waals surface area contributed by atoms with Crippen LogP contribution >= 0.6 is 24.0 Å². The molecular formula is C15H33IN4O2S. The third-order valence-electron chi connectivity index (χ3n) is 4.07. The van der Waals surface area contributed by atoms with Gasteiger partial charge in [-0.05, 0) is 18.8 Å². The molecule has 0 amide bonds. The molecule has 6 nitrogen and oxygen atoms in total. The zero-order valence-electron chi connectivity index (χ0n) is 14.5. The van der Waals surface area contributed by atoms with Crippen molar-refractivity contribution in [1.29, 1.82) is 0 Å². The maximum Gasteiger partial charge on any atom is 0.211 e. The van der Waals surface area contributed by atoms with Crippen LogP contribution in [0.4, 0.5) is 0 Å². The van der Waals surface area contributed by atoms with Crippen LogP contribution in [0.3, 0.4) is 0 Å². The van der Waals surface area contributed by atoms with Gasteiger partial charge >= 0.3 is 0 Å². The normalized spacial score (nSPS) is 19.6. The summed E-state index contributed by atoms with van der Waals surface area (Å²) in [5, 5.41) is 3.13. The van der Waals surface area contributed by atoms with Gasteiger partial charge in [0.1, 0.15) is 0 Å². The van der Waals surface area contributed by atoms with Gasteiger partial charge < -0.3 is 11.1 Å². The number of nitrogens with two attached hydrogens (primary N) is 1. The Kier molecular flexibility index (Phi) is 12.2. The zero-order chi connectivity index (χ0) is 16.4. The average molecular weight is 460 g/mol. The number of guanidine groups is 1. The molecule has 1 aliphatic heterocycles. The fraction of sp³-hybridized carbons (Fsp3) is 0.933. The number of aliphatic imine (C=N–C) groups is 1. The second-order valence-corrected chi connectivity index (χ2v) is 8.18. The minimum Gasteiger partial charge on any atom is -0.370 e. The lowest BCUT2D eigenvalue weighted by Crippen LogP contribution is -2.33. The molecular weight excluding hydrogens is 427 g/mol. The Morgan fingerprint density at radius 3 is 2.52 bits per heavy atom. The summed E-state index contributed by atoms with van der Waals surface area (Å²) in [6, 6.07) is 0. The van der Waals surface area contributed by atoms with Crippen molar-refractivity contribution < 1.29 is 8.42 Å². The van der Waals surface area contributed by atoms with E-state index in [0.717, 1.165) is 19.4 Å². The molecule has 3 N–H and O–H groups in total. The Bertz CT molecular complexity index is 443. The van der Waals surface area contributed by atoms with Crippen LogP contribution in [0.1, 0.15) is 51.9 Å². The summed E-state index contributed by atoms with van der Waals surface area (Å²) >= 11 is 0. The lowest BCUT2D eigenvalue weighted by Gasteiger charge is -2.12. The minimum atomic E-state index is -3.06. The molecule has 0 aromatic rings. The number of rotatable bonds is 10. The van der Waals surface area contributed by atoms with Crippen LogP contribution in [0, 0.1) is 5.92 Å². The van der Waals surface area contributed by atoms with E-state index >= 15 is 0 Å². The highest BCUT2D eigenvalue weighted by molar-refractivity contribution is 14.0. The first-order valence-electron chi connectivity index (χ1n) is 8.42. The largest absolute Gasteiger partial charge is 0.370 e. The number of nitrogens with one attached hydrogen (secondary N) is 1. The molecule has 138 valence electrons. The summed E-state index contributed by atoms with van der Waals surface area (Å²) < 4.78 is 24.4. The molecule has 0 radical (unpaired) electrons. The highest BCUT2D eigenvalue weighted by Gasteiger charge is 2.28. The third kappa shape index (κ3) is 10.4. The van der Waals surface area contributed by atoms with Crippen LogP contribution in [-0.2, 0) is 10.0 Å². The minimum absolute atomic E-state index is 0. The molecule has 0 aromatic heterocycles. The lowest BCUT2D eigenvalue weighted by atomic mass is 10.1. The van der Waals surface area contributed by atoms with Gasteiger partial charge in [-0.25, -0.2) is 12.7 Å². The van der Waals surface area contributed by atoms with E-state index in [-0.39, 0.29) is 29.9 Å². The first-order valence-corrected chi connectivity index (χ1v) is 10.3. The van der Waals surface area contributed by atoms with Gasteiger partial charge in [0.2, 0.25) is 10.0 Å². The van der Waals surface area contributed by atoms with E-state index in [1.807, 2.05) is 0 Å². The molecule has 1 atom stereocenters. The Morgan fingerprint density at radius 1 is 1.26 bits per heavy atom. The Labute approximate surface area is 158 Å². The van der Waals surface area contributed by atoms with Crippen molar-refractivity contribution in [1.82, 2.24) is 9.62 Å². The van der Waals surface area contributed by atoms with E-state index in [1.165, 1.54) is 42.7 Å². The topological polar surface area (TPSA) is 87.8 Å². The van der Waals surface area contributed by atoms with E-state index in [9.17, 15) is 8.42 Å². The molecule has 1 fully saturated rings. The summed E-state index contributed by atoms with van der Waals surface area (Å²) in [5.74, 6) is 0.760. The molecule has 23 heavy (non-hydrogen) atoms. The number of hydrogen-bond donors (Lipinski definition) is 2. The van der Waals surface area contributed by atoms with Crippen molar-refractivity contribution in [2.45, 2.75) is 51.9 Å². The monoisotopic (exact) mass is 460 g/mol. The standard InChI is InChI=1S/C15H32N4O2S.HI/c1-3-4-5-6-7-8-10-17-15(16)18-12-14-9-11-19(13-14)22(2,20)21;/h14H,3-13H2,1-2H3,(H3,16,17,18);1H. The van der Waals surface area contributed by atoms with E-state index in [2.05, 4.69) is 17.2 Å². The summed E-state index contributed by atoms with van der Waals surface area (Å²) in [7, 11) is -3.06. The Hall–Kier alpha value is -0.0900. The first-order chi connectivity index (χ1) is 10.4. The third-order valence-corrected chi connectivity index (χ3v) is 5.34. The van der Waals surface area contributed by atoms with Crippen LogP contribution in [0.15, 0.2) is 4.99 Å². The van der Waals surface area contributed by atoms with Crippen molar-refractivity contribution in [2.75, 3.05) is 32.4 Å². The van der Waals surface area contributed by atoms with Crippen LogP contribution in [-0.4, -0.2) is 51.1 Å². The first kappa shape index (κ1) is 22.9. The van der Waals surface area contributed by atoms with Gasteiger partial charge in [-0.15, -0.1) is 24.0 Å².